The number of aliphatic hydroxyl groups is 2. The molecule has 1 aliphatic rings. The van der Waals surface area contributed by atoms with E-state index in [4.69, 9.17) is 10.7 Å². The number of nitrogen functional groups attached to an aromatic ring is 1. The molecule has 0 unspecified atom stereocenters. The summed E-state index contributed by atoms with van der Waals surface area (Å²) in [7, 11) is 0. The maximum atomic E-state index is 12.6. The fourth-order valence-corrected chi connectivity index (χ4v) is 5.11. The van der Waals surface area contributed by atoms with Crippen LogP contribution in [0.4, 0.5) is 5.82 Å². The molecule has 5 rings (SSSR count). The van der Waals surface area contributed by atoms with Crippen LogP contribution >= 0.6 is 0 Å². The summed E-state index contributed by atoms with van der Waals surface area (Å²) in [4.78, 5) is 22.2. The Morgan fingerprint density at radius 2 is 1.86 bits per heavy atom. The van der Waals surface area contributed by atoms with E-state index in [2.05, 4.69) is 10.1 Å². The van der Waals surface area contributed by atoms with Gasteiger partial charge < -0.3 is 15.9 Å². The van der Waals surface area contributed by atoms with Crippen LogP contribution < -0.4 is 5.73 Å². The van der Waals surface area contributed by atoms with E-state index in [0.717, 1.165) is 22.4 Å². The van der Waals surface area contributed by atoms with Crippen molar-refractivity contribution >= 4 is 17.2 Å². The summed E-state index contributed by atoms with van der Waals surface area (Å²) in [6, 6.07) is 13.9. The van der Waals surface area contributed by atoms with Crippen LogP contribution in [0.25, 0.3) is 28.0 Å². The molecule has 1 aromatic carbocycles. The zero-order valence-electron chi connectivity index (χ0n) is 19.7. The normalized spacial score (nSPS) is 20.3. The number of Topliss-reactive ketones (excluding diaryl/α,β-unsaturated/α-hetero) is 1. The van der Waals surface area contributed by atoms with Crippen molar-refractivity contribution in [2.24, 2.45) is 0 Å². The first-order chi connectivity index (χ1) is 16.9. The summed E-state index contributed by atoms with van der Waals surface area (Å²) in [5.74, 6) is 0.101. The predicted molar refractivity (Wildman–Crippen MR) is 134 cm³/mol. The summed E-state index contributed by atoms with van der Waals surface area (Å²) in [6.45, 7) is 1.44. The number of aliphatic hydroxyl groups excluding tert-OH is 1. The lowest BCUT2D eigenvalue weighted by Gasteiger charge is -2.36. The van der Waals surface area contributed by atoms with Gasteiger partial charge in [0, 0.05) is 35.4 Å². The Balaban J connectivity index is 1.54. The van der Waals surface area contributed by atoms with Crippen molar-refractivity contribution in [2.75, 3.05) is 12.3 Å². The second-order valence-electron chi connectivity index (χ2n) is 9.38. The van der Waals surface area contributed by atoms with Gasteiger partial charge in [0.1, 0.15) is 5.82 Å². The summed E-state index contributed by atoms with van der Waals surface area (Å²) < 4.78 is 1.52. The van der Waals surface area contributed by atoms with Gasteiger partial charge in [0.2, 0.25) is 0 Å². The third-order valence-electron chi connectivity index (χ3n) is 7.09. The van der Waals surface area contributed by atoms with Crippen molar-refractivity contribution in [3.63, 3.8) is 0 Å². The van der Waals surface area contributed by atoms with Crippen molar-refractivity contribution < 1.29 is 15.0 Å². The van der Waals surface area contributed by atoms with E-state index in [9.17, 15) is 15.0 Å². The molecular weight excluding hydrogens is 442 g/mol. The second-order valence-corrected chi connectivity index (χ2v) is 9.38. The molecule has 3 heterocycles. The Morgan fingerprint density at radius 3 is 2.49 bits per heavy atom. The SMILES string of the molecule is CC(=O)c1c(C2CCC(O)(CCO)CC2)nc2c(-c3ccc(-c4ccccc4)nc3)cnn2c1N. The minimum Gasteiger partial charge on any atom is -0.396 e. The monoisotopic (exact) mass is 471 g/mol. The van der Waals surface area contributed by atoms with Crippen LogP contribution in [0.2, 0.25) is 0 Å². The van der Waals surface area contributed by atoms with Crippen molar-refractivity contribution in [2.45, 2.75) is 50.5 Å². The Bertz CT molecular complexity index is 1360. The van der Waals surface area contributed by atoms with E-state index in [1.165, 1.54) is 11.4 Å². The van der Waals surface area contributed by atoms with Gasteiger partial charge in [-0.3, -0.25) is 9.78 Å². The van der Waals surface area contributed by atoms with Crippen LogP contribution in [0.5, 0.6) is 0 Å². The standard InChI is InChI=1S/C27H29N5O3/c1-17(34)23-24(19-9-11-27(35,12-10-19)13-14-33)31-26-21(16-30-32(26)25(23)28)20-7-8-22(29-15-20)18-5-3-2-4-6-18/h2-8,15-16,19,33,35H,9-14,28H2,1H3. The van der Waals surface area contributed by atoms with Gasteiger partial charge in [0.25, 0.3) is 0 Å². The fourth-order valence-electron chi connectivity index (χ4n) is 5.11. The van der Waals surface area contributed by atoms with Crippen molar-refractivity contribution in [3.05, 3.63) is 66.1 Å². The number of ketones is 1. The van der Waals surface area contributed by atoms with Gasteiger partial charge in [0.05, 0.1) is 28.7 Å². The number of hydrogen-bond donors (Lipinski definition) is 3. The number of rotatable bonds is 6. The Morgan fingerprint density at radius 1 is 1.11 bits per heavy atom. The summed E-state index contributed by atoms with van der Waals surface area (Å²) in [5.41, 5.74) is 10.8. The topological polar surface area (TPSA) is 127 Å². The molecule has 0 spiro atoms. The summed E-state index contributed by atoms with van der Waals surface area (Å²) in [6.07, 6.45) is 6.26. The van der Waals surface area contributed by atoms with Crippen LogP contribution in [0.1, 0.15) is 61.0 Å². The molecule has 35 heavy (non-hydrogen) atoms. The van der Waals surface area contributed by atoms with Crippen LogP contribution in [0, 0.1) is 0 Å². The number of carbonyl (C=O) groups is 1. The Hall–Kier alpha value is -3.62. The maximum Gasteiger partial charge on any atom is 0.165 e. The molecule has 4 N–H and O–H groups in total. The third-order valence-corrected chi connectivity index (χ3v) is 7.09. The quantitative estimate of drug-likeness (QED) is 0.363. The number of nitrogens with two attached hydrogens (primary N) is 1. The molecule has 1 saturated carbocycles. The highest BCUT2D eigenvalue weighted by molar-refractivity contribution is 6.00. The zero-order valence-corrected chi connectivity index (χ0v) is 19.7. The minimum absolute atomic E-state index is 0.0125. The molecule has 180 valence electrons. The lowest BCUT2D eigenvalue weighted by atomic mass is 9.75. The number of aromatic nitrogens is 4. The van der Waals surface area contributed by atoms with E-state index in [0.29, 0.717) is 49.0 Å². The number of hydrogen-bond acceptors (Lipinski definition) is 7. The van der Waals surface area contributed by atoms with Crippen molar-refractivity contribution in [1.29, 1.82) is 0 Å². The van der Waals surface area contributed by atoms with Crippen molar-refractivity contribution in [1.82, 2.24) is 19.6 Å². The summed E-state index contributed by atoms with van der Waals surface area (Å²) in [5, 5.41) is 24.4. The number of benzene rings is 1. The highest BCUT2D eigenvalue weighted by Gasteiger charge is 2.36. The van der Waals surface area contributed by atoms with Gasteiger partial charge in [0.15, 0.2) is 11.4 Å². The number of carbonyl (C=O) groups excluding carboxylic acids is 1. The van der Waals surface area contributed by atoms with E-state index < -0.39 is 5.60 Å². The Kier molecular flexibility index (Phi) is 6.08. The predicted octanol–water partition coefficient (Wildman–Crippen LogP) is 4.01. The molecule has 8 nitrogen and oxygen atoms in total. The molecule has 0 saturated heterocycles. The van der Waals surface area contributed by atoms with Gasteiger partial charge in [-0.1, -0.05) is 36.4 Å². The van der Waals surface area contributed by atoms with E-state index in [-0.39, 0.29) is 24.1 Å². The molecule has 3 aromatic heterocycles. The first-order valence-electron chi connectivity index (χ1n) is 11.9. The van der Waals surface area contributed by atoms with E-state index >= 15 is 0 Å². The summed E-state index contributed by atoms with van der Waals surface area (Å²) >= 11 is 0. The van der Waals surface area contributed by atoms with Crippen LogP contribution in [0.3, 0.4) is 0 Å². The molecule has 0 aliphatic heterocycles. The van der Waals surface area contributed by atoms with Crippen LogP contribution in [-0.2, 0) is 0 Å². The van der Waals surface area contributed by atoms with Gasteiger partial charge >= 0.3 is 0 Å². The molecule has 0 radical (unpaired) electrons. The van der Waals surface area contributed by atoms with Gasteiger partial charge in [-0.05, 0) is 45.1 Å². The van der Waals surface area contributed by atoms with Crippen LogP contribution in [0.15, 0.2) is 54.9 Å². The first-order valence-corrected chi connectivity index (χ1v) is 11.9. The maximum absolute atomic E-state index is 12.6. The third kappa shape index (κ3) is 4.31. The largest absolute Gasteiger partial charge is 0.396 e. The van der Waals surface area contributed by atoms with Crippen LogP contribution in [-0.4, -0.2) is 47.8 Å². The molecule has 0 bridgehead atoms. The van der Waals surface area contributed by atoms with E-state index in [1.54, 1.807) is 12.4 Å². The smallest absolute Gasteiger partial charge is 0.165 e. The lowest BCUT2D eigenvalue weighted by molar-refractivity contribution is -0.0206. The molecule has 1 fully saturated rings. The second kappa shape index (κ2) is 9.20. The molecule has 4 aromatic rings. The number of pyridine rings is 1. The molecule has 1 aliphatic carbocycles. The van der Waals surface area contributed by atoms with Gasteiger partial charge in [-0.2, -0.15) is 9.61 Å². The number of anilines is 1. The lowest BCUT2D eigenvalue weighted by Crippen LogP contribution is -2.35. The number of fused-ring (bicyclic) bond motifs is 1. The molecule has 0 amide bonds. The minimum atomic E-state index is -0.870. The van der Waals surface area contributed by atoms with Gasteiger partial charge in [-0.15, -0.1) is 0 Å². The average Bonchev–Trinajstić information content (AvgIpc) is 3.29. The molecule has 0 atom stereocenters. The fraction of sp³-hybridized carbons (Fsp3) is 0.333. The first kappa shape index (κ1) is 23.1. The average molecular weight is 472 g/mol. The van der Waals surface area contributed by atoms with Gasteiger partial charge in [-0.25, -0.2) is 4.98 Å². The Labute approximate surface area is 203 Å². The highest BCUT2D eigenvalue weighted by atomic mass is 16.3. The molecule has 8 heteroatoms. The van der Waals surface area contributed by atoms with E-state index in [1.807, 2.05) is 42.5 Å². The number of nitrogens with zero attached hydrogens (tertiary/aromatic N) is 4. The highest BCUT2D eigenvalue weighted by Crippen LogP contribution is 2.41. The zero-order chi connectivity index (χ0) is 24.6. The molecular formula is C27H29N5O3. The van der Waals surface area contributed by atoms with Crippen molar-refractivity contribution in [3.8, 4) is 22.4 Å².